The van der Waals surface area contributed by atoms with E-state index >= 15 is 0 Å². The minimum Gasteiger partial charge on any atom is -0.497 e. The van der Waals surface area contributed by atoms with Gasteiger partial charge in [-0.3, -0.25) is 19.8 Å². The third-order valence-corrected chi connectivity index (χ3v) is 2.66. The largest absolute Gasteiger partial charge is 0.497 e. The molecule has 8 heteroatoms. The van der Waals surface area contributed by atoms with Gasteiger partial charge < -0.3 is 15.4 Å². The number of hydrogen-bond donors (Lipinski definition) is 3. The molecule has 0 saturated heterocycles. The minimum absolute atomic E-state index is 0.0123. The molecule has 4 amide bonds. The highest BCUT2D eigenvalue weighted by molar-refractivity contribution is 5.96. The van der Waals surface area contributed by atoms with Crippen LogP contribution in [0.3, 0.4) is 0 Å². The summed E-state index contributed by atoms with van der Waals surface area (Å²) in [5, 5.41) is 7.09. The van der Waals surface area contributed by atoms with Crippen molar-refractivity contribution in [2.24, 2.45) is 0 Å². The first-order valence-electron chi connectivity index (χ1n) is 6.58. The van der Waals surface area contributed by atoms with E-state index in [1.54, 1.807) is 38.4 Å². The highest BCUT2D eigenvalue weighted by Crippen LogP contribution is 2.16. The molecule has 3 N–H and O–H groups in total. The van der Waals surface area contributed by atoms with E-state index in [0.717, 1.165) is 0 Å². The molecular weight excluding hydrogens is 288 g/mol. The van der Waals surface area contributed by atoms with E-state index in [1.165, 1.54) is 11.9 Å². The number of urea groups is 1. The Morgan fingerprint density at radius 3 is 2.50 bits per heavy atom. The van der Waals surface area contributed by atoms with Crippen molar-refractivity contribution in [3.63, 3.8) is 0 Å². The number of anilines is 1. The molecule has 0 radical (unpaired) electrons. The maximum absolute atomic E-state index is 11.9. The van der Waals surface area contributed by atoms with Crippen molar-refractivity contribution in [3.05, 3.63) is 24.3 Å². The molecule has 120 valence electrons. The summed E-state index contributed by atoms with van der Waals surface area (Å²) in [7, 11) is 4.56. The van der Waals surface area contributed by atoms with Gasteiger partial charge in [-0.1, -0.05) is 6.07 Å². The maximum Gasteiger partial charge on any atom is 0.321 e. The van der Waals surface area contributed by atoms with Crippen LogP contribution in [0.1, 0.15) is 0 Å². The lowest BCUT2D eigenvalue weighted by atomic mass is 10.3. The summed E-state index contributed by atoms with van der Waals surface area (Å²) in [6.07, 6.45) is 0. The van der Waals surface area contributed by atoms with Crippen molar-refractivity contribution < 1.29 is 19.1 Å². The summed E-state index contributed by atoms with van der Waals surface area (Å²) >= 11 is 0. The summed E-state index contributed by atoms with van der Waals surface area (Å²) in [4.78, 5) is 35.8. The number of imide groups is 1. The van der Waals surface area contributed by atoms with E-state index in [0.29, 0.717) is 11.4 Å². The molecule has 0 aromatic heterocycles. The molecule has 0 spiro atoms. The molecule has 0 bridgehead atoms. The molecule has 1 aromatic carbocycles. The number of nitrogens with zero attached hydrogens (tertiary/aromatic N) is 1. The standard InChI is InChI=1S/C14H20N4O4/c1-15-14(21)17-13(20)9-18(2)8-12(19)16-10-5-4-6-11(7-10)22-3/h4-7H,8-9H2,1-3H3,(H,16,19)(H2,15,17,20,21). The average Bonchev–Trinajstić information content (AvgIpc) is 2.46. The molecule has 0 aliphatic carbocycles. The number of carbonyl (C=O) groups excluding carboxylic acids is 3. The van der Waals surface area contributed by atoms with E-state index in [9.17, 15) is 14.4 Å². The van der Waals surface area contributed by atoms with Gasteiger partial charge in [-0.2, -0.15) is 0 Å². The molecule has 0 atom stereocenters. The van der Waals surface area contributed by atoms with Gasteiger partial charge in [0.05, 0.1) is 20.2 Å². The molecule has 0 unspecified atom stereocenters. The molecule has 0 heterocycles. The first-order chi connectivity index (χ1) is 10.4. The van der Waals surface area contributed by atoms with Gasteiger partial charge in [0.2, 0.25) is 11.8 Å². The Morgan fingerprint density at radius 2 is 1.86 bits per heavy atom. The number of ether oxygens (including phenoxy) is 1. The summed E-state index contributed by atoms with van der Waals surface area (Å²) in [6, 6.07) is 6.37. The first-order valence-corrected chi connectivity index (χ1v) is 6.58. The van der Waals surface area contributed by atoms with Gasteiger partial charge in [-0.15, -0.1) is 0 Å². The Kier molecular flexibility index (Phi) is 6.84. The number of hydrogen-bond acceptors (Lipinski definition) is 5. The van der Waals surface area contributed by atoms with Crippen LogP contribution in [-0.2, 0) is 9.59 Å². The highest BCUT2D eigenvalue weighted by Gasteiger charge is 2.12. The van der Waals surface area contributed by atoms with Crippen LogP contribution >= 0.6 is 0 Å². The third kappa shape index (κ3) is 6.23. The number of methoxy groups -OCH3 is 1. The van der Waals surface area contributed by atoms with Crippen LogP contribution in [0.4, 0.5) is 10.5 Å². The van der Waals surface area contributed by atoms with Gasteiger partial charge in [0.25, 0.3) is 0 Å². The van der Waals surface area contributed by atoms with Crippen molar-refractivity contribution >= 4 is 23.5 Å². The van der Waals surface area contributed by atoms with Gasteiger partial charge in [-0.25, -0.2) is 4.79 Å². The predicted octanol–water partition coefficient (Wildman–Crippen LogP) is 0.0211. The molecule has 0 fully saturated rings. The number of likely N-dealkylation sites (N-methyl/N-ethyl adjacent to an activating group) is 1. The SMILES string of the molecule is CNC(=O)NC(=O)CN(C)CC(=O)Nc1cccc(OC)c1. The Bertz CT molecular complexity index is 547. The van der Waals surface area contributed by atoms with Gasteiger partial charge in [0.15, 0.2) is 0 Å². The van der Waals surface area contributed by atoms with Gasteiger partial charge in [0, 0.05) is 18.8 Å². The van der Waals surface area contributed by atoms with Gasteiger partial charge in [0.1, 0.15) is 5.75 Å². The van der Waals surface area contributed by atoms with Crippen LogP contribution in [0.25, 0.3) is 0 Å². The van der Waals surface area contributed by atoms with Crippen LogP contribution in [0.15, 0.2) is 24.3 Å². The Morgan fingerprint density at radius 1 is 1.18 bits per heavy atom. The normalized spacial score (nSPS) is 10.0. The average molecular weight is 308 g/mol. The second-order valence-electron chi connectivity index (χ2n) is 4.58. The van der Waals surface area contributed by atoms with Crippen molar-refractivity contribution in [2.45, 2.75) is 0 Å². The predicted molar refractivity (Wildman–Crippen MR) is 81.7 cm³/mol. The van der Waals surface area contributed by atoms with Crippen LogP contribution in [-0.4, -0.2) is 57.0 Å². The van der Waals surface area contributed by atoms with Gasteiger partial charge in [-0.05, 0) is 19.2 Å². The molecule has 0 saturated carbocycles. The fourth-order valence-electron chi connectivity index (χ4n) is 1.68. The summed E-state index contributed by atoms with van der Waals surface area (Å²) in [5.41, 5.74) is 0.604. The van der Waals surface area contributed by atoms with Crippen molar-refractivity contribution in [2.75, 3.05) is 39.6 Å². The zero-order valence-electron chi connectivity index (χ0n) is 12.8. The zero-order chi connectivity index (χ0) is 16.5. The van der Waals surface area contributed by atoms with E-state index in [-0.39, 0.29) is 19.0 Å². The number of benzene rings is 1. The Hall–Kier alpha value is -2.61. The highest BCUT2D eigenvalue weighted by atomic mass is 16.5. The Labute approximate surface area is 128 Å². The zero-order valence-corrected chi connectivity index (χ0v) is 12.8. The number of carbonyl (C=O) groups is 3. The smallest absolute Gasteiger partial charge is 0.321 e. The van der Waals surface area contributed by atoms with Crippen LogP contribution in [0, 0.1) is 0 Å². The second kappa shape index (κ2) is 8.63. The lowest BCUT2D eigenvalue weighted by Crippen LogP contribution is -2.44. The molecule has 22 heavy (non-hydrogen) atoms. The third-order valence-electron chi connectivity index (χ3n) is 2.66. The van der Waals surface area contributed by atoms with E-state index in [4.69, 9.17) is 4.74 Å². The molecular formula is C14H20N4O4. The maximum atomic E-state index is 11.9. The fourth-order valence-corrected chi connectivity index (χ4v) is 1.68. The van der Waals surface area contributed by atoms with E-state index in [1.807, 2.05) is 0 Å². The molecule has 1 rings (SSSR count). The van der Waals surface area contributed by atoms with Crippen LogP contribution in [0.2, 0.25) is 0 Å². The number of rotatable bonds is 6. The monoisotopic (exact) mass is 308 g/mol. The quantitative estimate of drug-likeness (QED) is 0.688. The summed E-state index contributed by atoms with van der Waals surface area (Å²) in [5.74, 6) is -0.129. The molecule has 8 nitrogen and oxygen atoms in total. The number of amides is 4. The topological polar surface area (TPSA) is 99.8 Å². The van der Waals surface area contributed by atoms with Crippen LogP contribution in [0.5, 0.6) is 5.75 Å². The summed E-state index contributed by atoms with van der Waals surface area (Å²) in [6.45, 7) is -0.0582. The van der Waals surface area contributed by atoms with Crippen LogP contribution < -0.4 is 20.7 Å². The lowest BCUT2D eigenvalue weighted by Gasteiger charge is -2.15. The number of nitrogens with one attached hydrogen (secondary N) is 3. The lowest BCUT2D eigenvalue weighted by molar-refractivity contribution is -0.122. The second-order valence-corrected chi connectivity index (χ2v) is 4.58. The fraction of sp³-hybridized carbons (Fsp3) is 0.357. The molecule has 0 aliphatic rings. The minimum atomic E-state index is -0.584. The van der Waals surface area contributed by atoms with E-state index in [2.05, 4.69) is 16.0 Å². The molecule has 0 aliphatic heterocycles. The van der Waals surface area contributed by atoms with Crippen molar-refractivity contribution in [3.8, 4) is 5.75 Å². The molecule has 1 aromatic rings. The summed E-state index contributed by atoms with van der Waals surface area (Å²) < 4.78 is 5.07. The van der Waals surface area contributed by atoms with E-state index < -0.39 is 11.9 Å². The van der Waals surface area contributed by atoms with Crippen molar-refractivity contribution in [1.82, 2.24) is 15.5 Å². The first kappa shape index (κ1) is 17.4. The Balaban J connectivity index is 2.43. The van der Waals surface area contributed by atoms with Gasteiger partial charge >= 0.3 is 6.03 Å². The van der Waals surface area contributed by atoms with Crippen molar-refractivity contribution in [1.29, 1.82) is 0 Å².